The largest absolute Gasteiger partial charge is 0.507 e. The SMILES string of the molecule is O=C(C=Cc1ccco1)Oc1cccc(C=NNC(=O)c2ccccc2O)c1. The standard InChI is InChI=1S/C21H16N2O5/c24-19-9-2-1-8-18(19)21(26)23-22-14-15-5-3-6-17(13-15)28-20(25)11-10-16-7-4-12-27-16/h1-14,24H,(H,23,26). The van der Waals surface area contributed by atoms with Crippen LogP contribution in [0.1, 0.15) is 21.7 Å². The van der Waals surface area contributed by atoms with Crippen LogP contribution in [0.2, 0.25) is 0 Å². The first-order valence-electron chi connectivity index (χ1n) is 8.27. The van der Waals surface area contributed by atoms with Crippen molar-refractivity contribution in [2.24, 2.45) is 5.10 Å². The van der Waals surface area contributed by atoms with E-state index in [0.717, 1.165) is 0 Å². The molecule has 0 radical (unpaired) electrons. The number of carbonyl (C=O) groups excluding carboxylic acids is 2. The molecule has 0 aliphatic rings. The highest BCUT2D eigenvalue weighted by molar-refractivity contribution is 5.97. The lowest BCUT2D eigenvalue weighted by molar-refractivity contribution is -0.128. The Morgan fingerprint density at radius 1 is 1.07 bits per heavy atom. The highest BCUT2D eigenvalue weighted by atomic mass is 16.5. The molecule has 28 heavy (non-hydrogen) atoms. The number of nitrogens with zero attached hydrogens (tertiary/aromatic N) is 1. The van der Waals surface area contributed by atoms with Crippen LogP contribution in [0.4, 0.5) is 0 Å². The molecule has 0 aliphatic heterocycles. The van der Waals surface area contributed by atoms with E-state index in [1.54, 1.807) is 48.5 Å². The van der Waals surface area contributed by atoms with E-state index in [1.165, 1.54) is 36.8 Å². The van der Waals surface area contributed by atoms with Gasteiger partial charge in [0.1, 0.15) is 17.3 Å². The fourth-order valence-electron chi connectivity index (χ4n) is 2.24. The third-order valence-electron chi connectivity index (χ3n) is 3.53. The van der Waals surface area contributed by atoms with E-state index in [9.17, 15) is 14.7 Å². The lowest BCUT2D eigenvalue weighted by Crippen LogP contribution is -2.17. The second kappa shape index (κ2) is 9.00. The highest BCUT2D eigenvalue weighted by Crippen LogP contribution is 2.15. The molecule has 3 aromatic rings. The minimum atomic E-state index is -0.557. The van der Waals surface area contributed by atoms with Gasteiger partial charge in [-0.3, -0.25) is 4.79 Å². The second-order valence-electron chi connectivity index (χ2n) is 5.56. The second-order valence-corrected chi connectivity index (χ2v) is 5.56. The molecule has 0 unspecified atom stereocenters. The molecule has 1 heterocycles. The maximum atomic E-state index is 12.0. The normalized spacial score (nSPS) is 11.0. The summed E-state index contributed by atoms with van der Waals surface area (Å²) in [5.74, 6) is -0.367. The van der Waals surface area contributed by atoms with Gasteiger partial charge in [-0.2, -0.15) is 5.10 Å². The maximum absolute atomic E-state index is 12.0. The summed E-state index contributed by atoms with van der Waals surface area (Å²) in [7, 11) is 0. The van der Waals surface area contributed by atoms with E-state index in [-0.39, 0.29) is 11.3 Å². The molecular formula is C21H16N2O5. The Balaban J connectivity index is 1.58. The number of ether oxygens (including phenoxy) is 1. The molecule has 3 rings (SSSR count). The van der Waals surface area contributed by atoms with Gasteiger partial charge in [0.2, 0.25) is 0 Å². The first-order valence-corrected chi connectivity index (χ1v) is 8.27. The van der Waals surface area contributed by atoms with Crippen LogP contribution in [-0.2, 0) is 4.79 Å². The molecule has 0 aliphatic carbocycles. The molecule has 2 aromatic carbocycles. The maximum Gasteiger partial charge on any atom is 0.336 e. The van der Waals surface area contributed by atoms with Gasteiger partial charge in [-0.15, -0.1) is 0 Å². The van der Waals surface area contributed by atoms with Crippen LogP contribution < -0.4 is 10.2 Å². The number of hydrazone groups is 1. The first kappa shape index (κ1) is 18.7. The van der Waals surface area contributed by atoms with E-state index in [2.05, 4.69) is 10.5 Å². The fourth-order valence-corrected chi connectivity index (χ4v) is 2.24. The number of hydrogen-bond donors (Lipinski definition) is 2. The summed E-state index contributed by atoms with van der Waals surface area (Å²) in [5, 5.41) is 13.5. The van der Waals surface area contributed by atoms with Crippen molar-refractivity contribution in [1.82, 2.24) is 5.43 Å². The van der Waals surface area contributed by atoms with Crippen molar-refractivity contribution in [3.8, 4) is 11.5 Å². The van der Waals surface area contributed by atoms with Gasteiger partial charge in [0.05, 0.1) is 18.0 Å². The van der Waals surface area contributed by atoms with Crippen molar-refractivity contribution in [2.45, 2.75) is 0 Å². The lowest BCUT2D eigenvalue weighted by atomic mass is 10.2. The van der Waals surface area contributed by atoms with E-state index >= 15 is 0 Å². The summed E-state index contributed by atoms with van der Waals surface area (Å²) in [5.41, 5.74) is 3.05. The average Bonchev–Trinajstić information content (AvgIpc) is 3.21. The van der Waals surface area contributed by atoms with Crippen LogP contribution in [0.5, 0.6) is 11.5 Å². The molecule has 1 amide bonds. The van der Waals surface area contributed by atoms with Crippen LogP contribution >= 0.6 is 0 Å². The molecular weight excluding hydrogens is 360 g/mol. The number of amides is 1. The first-order chi connectivity index (χ1) is 13.6. The number of carbonyl (C=O) groups is 2. The third-order valence-corrected chi connectivity index (χ3v) is 3.53. The predicted molar refractivity (Wildman–Crippen MR) is 103 cm³/mol. The van der Waals surface area contributed by atoms with Gasteiger partial charge in [0.15, 0.2) is 0 Å². The molecule has 1 aromatic heterocycles. The van der Waals surface area contributed by atoms with Gasteiger partial charge in [-0.25, -0.2) is 10.2 Å². The molecule has 0 spiro atoms. The lowest BCUT2D eigenvalue weighted by Gasteiger charge is -2.03. The number of hydrogen-bond acceptors (Lipinski definition) is 6. The number of furan rings is 1. The molecule has 0 fully saturated rings. The third kappa shape index (κ3) is 5.18. The summed E-state index contributed by atoms with van der Waals surface area (Å²) < 4.78 is 10.3. The Morgan fingerprint density at radius 3 is 2.71 bits per heavy atom. The van der Waals surface area contributed by atoms with Crippen LogP contribution in [0, 0.1) is 0 Å². The number of nitrogens with one attached hydrogen (secondary N) is 1. The molecule has 140 valence electrons. The average molecular weight is 376 g/mol. The Kier molecular flexibility index (Phi) is 5.99. The van der Waals surface area contributed by atoms with Crippen molar-refractivity contribution in [1.29, 1.82) is 0 Å². The number of para-hydroxylation sites is 1. The van der Waals surface area contributed by atoms with Crippen LogP contribution in [0.15, 0.2) is 82.5 Å². The number of esters is 1. The minimum absolute atomic E-state index is 0.116. The molecule has 0 saturated carbocycles. The van der Waals surface area contributed by atoms with E-state index in [4.69, 9.17) is 9.15 Å². The molecule has 2 N–H and O–H groups in total. The number of phenolic OH excluding ortho intramolecular Hbond substituents is 1. The zero-order valence-electron chi connectivity index (χ0n) is 14.6. The predicted octanol–water partition coefficient (Wildman–Crippen LogP) is 3.37. The monoisotopic (exact) mass is 376 g/mol. The van der Waals surface area contributed by atoms with Crippen molar-refractivity contribution < 1.29 is 23.8 Å². The van der Waals surface area contributed by atoms with Crippen molar-refractivity contribution in [2.75, 3.05) is 0 Å². The highest BCUT2D eigenvalue weighted by Gasteiger charge is 2.08. The molecule has 0 bridgehead atoms. The summed E-state index contributed by atoms with van der Waals surface area (Å²) >= 11 is 0. The number of aromatic hydroxyl groups is 1. The summed E-state index contributed by atoms with van der Waals surface area (Å²) in [6, 6.07) is 16.2. The Bertz CT molecular complexity index is 1020. The smallest absolute Gasteiger partial charge is 0.336 e. The van der Waals surface area contributed by atoms with E-state index < -0.39 is 11.9 Å². The Morgan fingerprint density at radius 2 is 1.93 bits per heavy atom. The van der Waals surface area contributed by atoms with Crippen molar-refractivity contribution in [3.05, 3.63) is 89.9 Å². The van der Waals surface area contributed by atoms with Crippen LogP contribution in [0.25, 0.3) is 6.08 Å². The molecule has 7 heteroatoms. The van der Waals surface area contributed by atoms with Gasteiger partial charge in [-0.05, 0) is 48.0 Å². The summed E-state index contributed by atoms with van der Waals surface area (Å²) in [6.45, 7) is 0. The van der Waals surface area contributed by atoms with Gasteiger partial charge in [0, 0.05) is 6.08 Å². The number of phenols is 1. The molecule has 7 nitrogen and oxygen atoms in total. The van der Waals surface area contributed by atoms with Crippen molar-refractivity contribution >= 4 is 24.2 Å². The van der Waals surface area contributed by atoms with Crippen LogP contribution in [0.3, 0.4) is 0 Å². The zero-order chi connectivity index (χ0) is 19.8. The fraction of sp³-hybridized carbons (Fsp3) is 0. The summed E-state index contributed by atoms with van der Waals surface area (Å²) in [4.78, 5) is 23.8. The van der Waals surface area contributed by atoms with E-state index in [0.29, 0.717) is 17.1 Å². The Labute approximate surface area is 160 Å². The van der Waals surface area contributed by atoms with Crippen molar-refractivity contribution in [3.63, 3.8) is 0 Å². The Hall–Kier alpha value is -4.13. The molecule has 0 saturated heterocycles. The van der Waals surface area contributed by atoms with Crippen LogP contribution in [-0.4, -0.2) is 23.2 Å². The summed E-state index contributed by atoms with van der Waals surface area (Å²) in [6.07, 6.45) is 5.66. The quantitative estimate of drug-likeness (QED) is 0.226. The van der Waals surface area contributed by atoms with Gasteiger partial charge in [-0.1, -0.05) is 24.3 Å². The number of benzene rings is 2. The van der Waals surface area contributed by atoms with Gasteiger partial charge < -0.3 is 14.3 Å². The number of rotatable bonds is 6. The molecule has 0 atom stereocenters. The van der Waals surface area contributed by atoms with Gasteiger partial charge >= 0.3 is 5.97 Å². The van der Waals surface area contributed by atoms with Gasteiger partial charge in [0.25, 0.3) is 5.91 Å². The topological polar surface area (TPSA) is 101 Å². The zero-order valence-corrected chi connectivity index (χ0v) is 14.6. The minimum Gasteiger partial charge on any atom is -0.507 e. The van der Waals surface area contributed by atoms with E-state index in [1.807, 2.05) is 0 Å².